The van der Waals surface area contributed by atoms with Crippen LogP contribution in [-0.2, 0) is 11.4 Å². The quantitative estimate of drug-likeness (QED) is 0.434. The Morgan fingerprint density at radius 1 is 1.07 bits per heavy atom. The van der Waals surface area contributed by atoms with Crippen LogP contribution >= 0.6 is 0 Å². The summed E-state index contributed by atoms with van der Waals surface area (Å²) < 4.78 is 62.2. The van der Waals surface area contributed by atoms with Crippen LogP contribution in [0.2, 0.25) is 18.1 Å². The molecule has 0 spiro atoms. The molecule has 0 amide bonds. The Balaban J connectivity index is 3.34. The number of hydrogen-bond donors (Lipinski definition) is 1. The third kappa shape index (κ3) is 6.14. The molecule has 1 aromatic rings. The van der Waals surface area contributed by atoms with Crippen LogP contribution < -0.4 is 9.15 Å². The van der Waals surface area contributed by atoms with Gasteiger partial charge in [0.05, 0.1) is 11.6 Å². The van der Waals surface area contributed by atoms with Crippen LogP contribution in [0.3, 0.4) is 0 Å². The lowest BCUT2D eigenvalue weighted by Gasteiger charge is -2.36. The van der Waals surface area contributed by atoms with E-state index in [-0.39, 0.29) is 16.4 Å². The molecule has 0 aliphatic heterocycles. The number of benzene rings is 1. The third-order valence-electron chi connectivity index (χ3n) is 4.82. The minimum absolute atomic E-state index is 0.0270. The molecular formula is C19H32F3NO2SSi. The second-order valence-electron chi connectivity index (χ2n) is 9.30. The van der Waals surface area contributed by atoms with E-state index in [2.05, 4.69) is 4.72 Å². The van der Waals surface area contributed by atoms with Gasteiger partial charge < -0.3 is 8.98 Å². The van der Waals surface area contributed by atoms with Crippen molar-refractivity contribution in [3.8, 4) is 5.75 Å². The maximum atomic E-state index is 14.7. The molecule has 0 bridgehead atoms. The molecule has 0 aliphatic rings. The van der Waals surface area contributed by atoms with Crippen LogP contribution in [0.25, 0.3) is 0 Å². The lowest BCUT2D eigenvalue weighted by atomic mass is 10.0. The largest absolute Gasteiger partial charge is 0.598 e. The second kappa shape index (κ2) is 8.35. The van der Waals surface area contributed by atoms with Gasteiger partial charge in [-0.05, 0) is 58.0 Å². The maximum absolute atomic E-state index is 14.7. The highest BCUT2D eigenvalue weighted by Crippen LogP contribution is 2.39. The fraction of sp³-hybridized carbons (Fsp3) is 0.684. The highest BCUT2D eigenvalue weighted by molar-refractivity contribution is 7.90. The number of halogens is 3. The Kier molecular flexibility index (Phi) is 7.52. The molecule has 8 heteroatoms. The average molecular weight is 424 g/mol. The summed E-state index contributed by atoms with van der Waals surface area (Å²) in [7, 11) is -2.29. The lowest BCUT2D eigenvalue weighted by molar-refractivity contribution is 0.145. The minimum atomic E-state index is -2.97. The molecule has 1 N–H and O–H groups in total. The number of alkyl halides is 2. The monoisotopic (exact) mass is 423 g/mol. The first kappa shape index (κ1) is 24.3. The molecule has 0 saturated heterocycles. The predicted octanol–water partition coefficient (Wildman–Crippen LogP) is 6.26. The van der Waals surface area contributed by atoms with E-state index < -0.39 is 48.3 Å². The summed E-state index contributed by atoms with van der Waals surface area (Å²) in [6.07, 6.45) is -2.97. The third-order valence-corrected chi connectivity index (χ3v) is 10.9. The van der Waals surface area contributed by atoms with E-state index in [1.807, 2.05) is 33.9 Å². The molecule has 0 aromatic heterocycles. The maximum Gasteiger partial charge on any atom is 0.266 e. The van der Waals surface area contributed by atoms with Crippen LogP contribution in [0.1, 0.15) is 72.1 Å². The van der Waals surface area contributed by atoms with Gasteiger partial charge in [0.2, 0.25) is 8.32 Å². The van der Waals surface area contributed by atoms with Gasteiger partial charge in [-0.25, -0.2) is 13.2 Å². The zero-order chi connectivity index (χ0) is 21.4. The first-order valence-corrected chi connectivity index (χ1v) is 13.0. The van der Waals surface area contributed by atoms with Gasteiger partial charge in [0.1, 0.15) is 16.3 Å². The van der Waals surface area contributed by atoms with Gasteiger partial charge in [0, 0.05) is 16.9 Å². The standard InChI is InChI=1S/C19H32F3NO2SSi/c1-12(23-26(24)18(2,3)4)14-10-13(11-15(16(14)20)17(21)22)25-27(8,9)19(5,6)7/h10-12,17,23H,1-9H3/t12-,26?/m1/s1. The Hall–Kier alpha value is -0.703. The Labute approximate surface area is 165 Å². The molecule has 0 fully saturated rings. The minimum Gasteiger partial charge on any atom is -0.598 e. The number of hydrogen-bond acceptors (Lipinski definition) is 3. The van der Waals surface area contributed by atoms with Crippen molar-refractivity contribution in [3.63, 3.8) is 0 Å². The van der Waals surface area contributed by atoms with Crippen molar-refractivity contribution in [2.24, 2.45) is 0 Å². The van der Waals surface area contributed by atoms with Crippen molar-refractivity contribution >= 4 is 19.7 Å². The highest BCUT2D eigenvalue weighted by atomic mass is 32.2. The van der Waals surface area contributed by atoms with Gasteiger partial charge in [0.15, 0.2) is 0 Å². The van der Waals surface area contributed by atoms with Crippen molar-refractivity contribution < 1.29 is 22.2 Å². The Bertz CT molecular complexity index is 658. The van der Waals surface area contributed by atoms with E-state index in [1.165, 1.54) is 6.07 Å². The Morgan fingerprint density at radius 3 is 1.96 bits per heavy atom. The summed E-state index contributed by atoms with van der Waals surface area (Å²) in [6, 6.07) is 1.81. The summed E-state index contributed by atoms with van der Waals surface area (Å²) in [5, 5.41) is -0.135. The first-order valence-electron chi connectivity index (χ1n) is 8.96. The zero-order valence-corrected chi connectivity index (χ0v) is 19.5. The van der Waals surface area contributed by atoms with Gasteiger partial charge in [-0.3, -0.25) is 0 Å². The van der Waals surface area contributed by atoms with E-state index >= 15 is 0 Å². The molecule has 0 saturated carbocycles. The highest BCUT2D eigenvalue weighted by Gasteiger charge is 2.39. The summed E-state index contributed by atoms with van der Waals surface area (Å²) in [4.78, 5) is 0. The fourth-order valence-electron chi connectivity index (χ4n) is 2.02. The number of nitrogens with one attached hydrogen (secondary N) is 1. The molecule has 1 rings (SSSR count). The van der Waals surface area contributed by atoms with Crippen LogP contribution in [0.5, 0.6) is 5.75 Å². The predicted molar refractivity (Wildman–Crippen MR) is 109 cm³/mol. The van der Waals surface area contributed by atoms with Crippen LogP contribution in [0, 0.1) is 5.82 Å². The fourth-order valence-corrected chi connectivity index (χ4v) is 3.84. The van der Waals surface area contributed by atoms with E-state index in [1.54, 1.807) is 27.7 Å². The zero-order valence-electron chi connectivity index (χ0n) is 17.7. The average Bonchev–Trinajstić information content (AvgIpc) is 2.45. The molecule has 156 valence electrons. The van der Waals surface area contributed by atoms with Gasteiger partial charge in [-0.2, -0.15) is 0 Å². The normalized spacial score (nSPS) is 15.8. The molecule has 2 atom stereocenters. The summed E-state index contributed by atoms with van der Waals surface area (Å²) in [5.41, 5.74) is -0.671. The van der Waals surface area contributed by atoms with Crippen molar-refractivity contribution in [1.29, 1.82) is 0 Å². The Morgan fingerprint density at radius 2 is 1.56 bits per heavy atom. The molecule has 27 heavy (non-hydrogen) atoms. The van der Waals surface area contributed by atoms with Gasteiger partial charge >= 0.3 is 0 Å². The topological polar surface area (TPSA) is 44.3 Å². The lowest BCUT2D eigenvalue weighted by Crippen LogP contribution is -2.44. The van der Waals surface area contributed by atoms with E-state index in [0.29, 0.717) is 0 Å². The smallest absolute Gasteiger partial charge is 0.266 e. The molecule has 0 aliphatic carbocycles. The molecule has 1 unspecified atom stereocenters. The van der Waals surface area contributed by atoms with Crippen LogP contribution in [-0.4, -0.2) is 17.6 Å². The summed E-state index contributed by atoms with van der Waals surface area (Å²) in [6.45, 7) is 17.0. The van der Waals surface area contributed by atoms with Gasteiger partial charge in [-0.1, -0.05) is 20.8 Å². The number of rotatable bonds is 6. The van der Waals surface area contributed by atoms with Gasteiger partial charge in [0.25, 0.3) is 6.43 Å². The molecule has 3 nitrogen and oxygen atoms in total. The van der Waals surface area contributed by atoms with Crippen molar-refractivity contribution in [1.82, 2.24) is 4.72 Å². The van der Waals surface area contributed by atoms with E-state index in [9.17, 15) is 17.7 Å². The van der Waals surface area contributed by atoms with Crippen LogP contribution in [0.4, 0.5) is 13.2 Å². The molecule has 0 radical (unpaired) electrons. The molecule has 1 aromatic carbocycles. The first-order chi connectivity index (χ1) is 12.0. The molecule has 0 heterocycles. The SMILES string of the molecule is C[C@@H](N[S+]([O-])C(C)(C)C)c1cc(O[Si](C)(C)C(C)(C)C)cc(C(F)F)c1F. The van der Waals surface area contributed by atoms with Crippen molar-refractivity contribution in [2.45, 2.75) is 83.8 Å². The van der Waals surface area contributed by atoms with Gasteiger partial charge in [-0.15, -0.1) is 4.72 Å². The van der Waals surface area contributed by atoms with Crippen LogP contribution in [0.15, 0.2) is 12.1 Å². The summed E-state index contributed by atoms with van der Waals surface area (Å²) in [5.74, 6) is -0.762. The van der Waals surface area contributed by atoms with E-state index in [4.69, 9.17) is 4.43 Å². The van der Waals surface area contributed by atoms with Crippen molar-refractivity contribution in [2.75, 3.05) is 0 Å². The van der Waals surface area contributed by atoms with Crippen molar-refractivity contribution in [3.05, 3.63) is 29.1 Å². The molecular weight excluding hydrogens is 391 g/mol. The second-order valence-corrected chi connectivity index (χ2v) is 16.0. The summed E-state index contributed by atoms with van der Waals surface area (Å²) >= 11 is -1.47. The van der Waals surface area contributed by atoms with E-state index in [0.717, 1.165) is 6.07 Å².